The molecule has 0 spiro atoms. The molecule has 6 heteroatoms. The lowest BCUT2D eigenvalue weighted by Crippen LogP contribution is -2.38. The Bertz CT molecular complexity index is 560. The van der Waals surface area contributed by atoms with E-state index in [0.29, 0.717) is 51.4 Å². The Labute approximate surface area is 135 Å². The average Bonchev–Trinajstić information content (AvgIpc) is 2.58. The molecule has 1 aliphatic rings. The van der Waals surface area contributed by atoms with Crippen LogP contribution >= 0.6 is 0 Å². The van der Waals surface area contributed by atoms with E-state index in [4.69, 9.17) is 19.3 Å². The molecule has 0 aliphatic carbocycles. The van der Waals surface area contributed by atoms with Crippen molar-refractivity contribution in [3.63, 3.8) is 0 Å². The number of ether oxygens (including phenoxy) is 3. The maximum absolute atomic E-state index is 10.6. The molecule has 0 bridgehead atoms. The number of aryl methyl sites for hydroxylation is 1. The highest BCUT2D eigenvalue weighted by Gasteiger charge is 2.33. The highest BCUT2D eigenvalue weighted by molar-refractivity contribution is 5.67. The summed E-state index contributed by atoms with van der Waals surface area (Å²) in [4.78, 5) is 10.6. The van der Waals surface area contributed by atoms with Crippen molar-refractivity contribution in [2.24, 2.45) is 0 Å². The Hall–Kier alpha value is -2.10. The fourth-order valence-corrected chi connectivity index (χ4v) is 2.43. The molecular weight excluding hydrogens is 298 g/mol. The molecule has 0 saturated carbocycles. The number of rotatable bonds is 8. The number of aliphatic carboxylic acids is 1. The second-order valence-electron chi connectivity index (χ2n) is 5.46. The molecule has 1 fully saturated rings. The molecule has 1 heterocycles. The van der Waals surface area contributed by atoms with Crippen LogP contribution in [0.3, 0.4) is 0 Å². The van der Waals surface area contributed by atoms with Crippen LogP contribution in [0.1, 0.15) is 24.8 Å². The first-order valence-corrected chi connectivity index (χ1v) is 7.70. The van der Waals surface area contributed by atoms with E-state index >= 15 is 0 Å². The number of carbonyl (C=O) groups is 1. The predicted octanol–water partition coefficient (Wildman–Crippen LogP) is 2.17. The molecule has 0 radical (unpaired) electrons. The van der Waals surface area contributed by atoms with E-state index in [9.17, 15) is 10.1 Å². The van der Waals surface area contributed by atoms with Gasteiger partial charge in [-0.05, 0) is 24.1 Å². The van der Waals surface area contributed by atoms with Gasteiger partial charge >= 0.3 is 5.97 Å². The van der Waals surface area contributed by atoms with Crippen molar-refractivity contribution in [3.8, 4) is 11.8 Å². The molecule has 1 aromatic rings. The molecule has 1 N–H and O–H groups in total. The fraction of sp³-hybridized carbons (Fsp3) is 0.529. The monoisotopic (exact) mass is 319 g/mol. The first kappa shape index (κ1) is 17.3. The highest BCUT2D eigenvalue weighted by atomic mass is 16.5. The second kappa shape index (κ2) is 8.51. The van der Waals surface area contributed by atoms with E-state index in [2.05, 4.69) is 6.07 Å². The van der Waals surface area contributed by atoms with Crippen LogP contribution < -0.4 is 4.74 Å². The topological polar surface area (TPSA) is 88.8 Å². The molecule has 124 valence electrons. The van der Waals surface area contributed by atoms with Crippen molar-refractivity contribution in [2.75, 3.05) is 26.4 Å². The normalized spacial score (nSPS) is 16.5. The second-order valence-corrected chi connectivity index (χ2v) is 5.46. The van der Waals surface area contributed by atoms with Crippen LogP contribution in [-0.4, -0.2) is 43.1 Å². The van der Waals surface area contributed by atoms with Crippen molar-refractivity contribution in [1.82, 2.24) is 0 Å². The summed E-state index contributed by atoms with van der Waals surface area (Å²) in [5, 5.41) is 18.0. The van der Waals surface area contributed by atoms with Gasteiger partial charge in [-0.25, -0.2) is 0 Å². The van der Waals surface area contributed by atoms with E-state index in [1.165, 1.54) is 0 Å². The molecule has 1 aliphatic heterocycles. The molecule has 6 nitrogen and oxygen atoms in total. The fourth-order valence-electron chi connectivity index (χ4n) is 2.43. The predicted molar refractivity (Wildman–Crippen MR) is 82.2 cm³/mol. The molecular formula is C17H21NO5. The summed E-state index contributed by atoms with van der Waals surface area (Å²) >= 11 is 0. The van der Waals surface area contributed by atoms with Crippen LogP contribution in [0.2, 0.25) is 0 Å². The van der Waals surface area contributed by atoms with Gasteiger partial charge in [-0.3, -0.25) is 4.79 Å². The molecule has 0 atom stereocenters. The van der Waals surface area contributed by atoms with Gasteiger partial charge in [-0.2, -0.15) is 5.26 Å². The van der Waals surface area contributed by atoms with E-state index in [0.717, 1.165) is 5.56 Å². The minimum atomic E-state index is -0.817. The van der Waals surface area contributed by atoms with Crippen LogP contribution in [0, 0.1) is 11.3 Å². The van der Waals surface area contributed by atoms with Crippen LogP contribution in [0.15, 0.2) is 24.3 Å². The summed E-state index contributed by atoms with van der Waals surface area (Å²) < 4.78 is 16.6. The van der Waals surface area contributed by atoms with Gasteiger partial charge in [0.1, 0.15) is 12.4 Å². The lowest BCUT2D eigenvalue weighted by Gasteiger charge is -2.30. The molecule has 0 unspecified atom stereocenters. The Balaban J connectivity index is 1.76. The maximum atomic E-state index is 10.6. The van der Waals surface area contributed by atoms with Gasteiger partial charge in [0.15, 0.2) is 5.60 Å². The lowest BCUT2D eigenvalue weighted by atomic mass is 9.96. The van der Waals surface area contributed by atoms with Gasteiger partial charge in [-0.1, -0.05) is 12.1 Å². The summed E-state index contributed by atoms with van der Waals surface area (Å²) in [5.74, 6) is -0.141. The lowest BCUT2D eigenvalue weighted by molar-refractivity contribution is -0.136. The largest absolute Gasteiger partial charge is 0.491 e. The third kappa shape index (κ3) is 5.55. The highest BCUT2D eigenvalue weighted by Crippen LogP contribution is 2.24. The van der Waals surface area contributed by atoms with Crippen molar-refractivity contribution < 1.29 is 24.1 Å². The maximum Gasteiger partial charge on any atom is 0.303 e. The first-order valence-electron chi connectivity index (χ1n) is 7.70. The van der Waals surface area contributed by atoms with E-state index in [1.807, 2.05) is 24.3 Å². The Morgan fingerprint density at radius 2 is 2.13 bits per heavy atom. The smallest absolute Gasteiger partial charge is 0.303 e. The zero-order valence-electron chi connectivity index (χ0n) is 13.0. The molecule has 0 amide bonds. The molecule has 2 rings (SSSR count). The van der Waals surface area contributed by atoms with Gasteiger partial charge in [0.2, 0.25) is 0 Å². The molecule has 23 heavy (non-hydrogen) atoms. The number of nitrogens with zero attached hydrogens (tertiary/aromatic N) is 1. The summed E-state index contributed by atoms with van der Waals surface area (Å²) in [6.07, 6.45) is 1.72. The van der Waals surface area contributed by atoms with Gasteiger partial charge < -0.3 is 19.3 Å². The van der Waals surface area contributed by atoms with E-state index < -0.39 is 11.6 Å². The van der Waals surface area contributed by atoms with E-state index in [-0.39, 0.29) is 6.42 Å². The van der Waals surface area contributed by atoms with Crippen LogP contribution in [0.25, 0.3) is 0 Å². The number of nitriles is 1. The summed E-state index contributed by atoms with van der Waals surface area (Å²) in [6, 6.07) is 9.60. The standard InChI is InChI=1S/C17H21NO5/c18-13-17(6-8-21-9-7-17)23-11-10-22-15-3-1-2-14(12-15)4-5-16(19)20/h1-3,12H,4-11H2,(H,19,20). The van der Waals surface area contributed by atoms with Crippen molar-refractivity contribution >= 4 is 5.97 Å². The quantitative estimate of drug-likeness (QED) is 0.739. The zero-order valence-corrected chi connectivity index (χ0v) is 13.0. The minimum Gasteiger partial charge on any atom is -0.491 e. The summed E-state index contributed by atoms with van der Waals surface area (Å²) in [5.41, 5.74) is 0.161. The van der Waals surface area contributed by atoms with Crippen molar-refractivity contribution in [1.29, 1.82) is 5.26 Å². The van der Waals surface area contributed by atoms with E-state index in [1.54, 1.807) is 0 Å². The third-order valence-electron chi connectivity index (χ3n) is 3.76. The SMILES string of the molecule is N#CC1(OCCOc2cccc(CCC(=O)O)c2)CCOCC1. The van der Waals surface area contributed by atoms with Crippen molar-refractivity contribution in [2.45, 2.75) is 31.3 Å². The molecule has 1 saturated heterocycles. The summed E-state index contributed by atoms with van der Waals surface area (Å²) in [6.45, 7) is 1.75. The van der Waals surface area contributed by atoms with Crippen LogP contribution in [0.5, 0.6) is 5.75 Å². The summed E-state index contributed by atoms with van der Waals surface area (Å²) in [7, 11) is 0. The van der Waals surface area contributed by atoms with Gasteiger partial charge in [0.05, 0.1) is 25.9 Å². The number of carboxylic acid groups (broad SMARTS) is 1. The number of benzene rings is 1. The Kier molecular flexibility index (Phi) is 6.39. The average molecular weight is 319 g/mol. The zero-order chi connectivity index (χ0) is 16.5. The number of carboxylic acids is 1. The van der Waals surface area contributed by atoms with Gasteiger partial charge in [0, 0.05) is 19.3 Å². The van der Waals surface area contributed by atoms with Gasteiger partial charge in [0.25, 0.3) is 0 Å². The minimum absolute atomic E-state index is 0.0966. The number of hydrogen-bond acceptors (Lipinski definition) is 5. The molecule has 1 aromatic carbocycles. The van der Waals surface area contributed by atoms with Crippen LogP contribution in [0.4, 0.5) is 0 Å². The Morgan fingerprint density at radius 3 is 2.83 bits per heavy atom. The van der Waals surface area contributed by atoms with Crippen molar-refractivity contribution in [3.05, 3.63) is 29.8 Å². The Morgan fingerprint density at radius 1 is 1.35 bits per heavy atom. The van der Waals surface area contributed by atoms with Gasteiger partial charge in [-0.15, -0.1) is 0 Å². The van der Waals surface area contributed by atoms with Crippen LogP contribution in [-0.2, 0) is 20.7 Å². The molecule has 0 aromatic heterocycles. The first-order chi connectivity index (χ1) is 11.1. The number of hydrogen-bond donors (Lipinski definition) is 1. The third-order valence-corrected chi connectivity index (χ3v) is 3.76.